The molecule has 0 radical (unpaired) electrons. The first-order valence-electron chi connectivity index (χ1n) is 10.1. The summed E-state index contributed by atoms with van der Waals surface area (Å²) in [5, 5.41) is 16.7. The molecule has 0 atom stereocenters. The highest BCUT2D eigenvalue weighted by molar-refractivity contribution is 5.78. The van der Waals surface area contributed by atoms with E-state index in [2.05, 4.69) is 39.8 Å². The van der Waals surface area contributed by atoms with Crippen molar-refractivity contribution in [2.45, 2.75) is 19.3 Å². The van der Waals surface area contributed by atoms with Gasteiger partial charge in [0.2, 0.25) is 5.91 Å². The van der Waals surface area contributed by atoms with Crippen LogP contribution in [0.15, 0.2) is 54.6 Å². The van der Waals surface area contributed by atoms with E-state index in [0.29, 0.717) is 25.6 Å². The number of rotatable bonds is 9. The summed E-state index contributed by atoms with van der Waals surface area (Å²) in [6.07, 6.45) is 3.38. The molecule has 2 N–H and O–H groups in total. The minimum atomic E-state index is -0.422. The van der Waals surface area contributed by atoms with Gasteiger partial charge in [-0.05, 0) is 56.0 Å². The molecular formula is C22H28N4O3. The van der Waals surface area contributed by atoms with Crippen LogP contribution in [-0.4, -0.2) is 48.5 Å². The van der Waals surface area contributed by atoms with Crippen molar-refractivity contribution >= 4 is 17.3 Å². The molecule has 1 heterocycles. The Bertz CT molecular complexity index is 787. The number of nitro benzene ring substituents is 1. The average molecular weight is 396 g/mol. The lowest BCUT2D eigenvalue weighted by atomic mass is 9.90. The average Bonchev–Trinajstić information content (AvgIpc) is 2.74. The SMILES string of the molecule is O=C(CN1CCC(Cc2ccccc2)CC1)NCCNc1ccc([N+](=O)[O-])cc1. The second-order valence-electron chi connectivity index (χ2n) is 7.49. The molecule has 29 heavy (non-hydrogen) atoms. The van der Waals surface area contributed by atoms with Crippen LogP contribution in [0.2, 0.25) is 0 Å². The number of nitrogens with one attached hydrogen (secondary N) is 2. The zero-order valence-corrected chi connectivity index (χ0v) is 16.5. The summed E-state index contributed by atoms with van der Waals surface area (Å²) < 4.78 is 0. The minimum absolute atomic E-state index is 0.0389. The van der Waals surface area contributed by atoms with Crippen LogP contribution in [0.25, 0.3) is 0 Å². The summed E-state index contributed by atoms with van der Waals surface area (Å²) in [4.78, 5) is 24.6. The highest BCUT2D eigenvalue weighted by atomic mass is 16.6. The standard InChI is InChI=1S/C22H28N4O3/c27-22(24-13-12-23-20-6-8-21(9-7-20)26(28)29)17-25-14-10-19(11-15-25)16-18-4-2-1-3-5-18/h1-9,19,23H,10-17H2,(H,24,27). The van der Waals surface area contributed by atoms with E-state index in [1.807, 2.05) is 6.07 Å². The molecule has 154 valence electrons. The highest BCUT2D eigenvalue weighted by Gasteiger charge is 2.20. The molecule has 0 spiro atoms. The van der Waals surface area contributed by atoms with Crippen LogP contribution in [0.4, 0.5) is 11.4 Å². The summed E-state index contributed by atoms with van der Waals surface area (Å²) in [7, 11) is 0. The Labute approximate surface area is 171 Å². The second kappa shape index (κ2) is 10.6. The molecule has 1 aliphatic rings. The zero-order chi connectivity index (χ0) is 20.5. The second-order valence-corrected chi connectivity index (χ2v) is 7.49. The van der Waals surface area contributed by atoms with E-state index in [4.69, 9.17) is 0 Å². The fourth-order valence-corrected chi connectivity index (χ4v) is 3.66. The van der Waals surface area contributed by atoms with Crippen molar-refractivity contribution in [3.05, 3.63) is 70.3 Å². The Morgan fingerprint density at radius 1 is 1.03 bits per heavy atom. The maximum Gasteiger partial charge on any atom is 0.269 e. The summed E-state index contributed by atoms with van der Waals surface area (Å²) >= 11 is 0. The number of likely N-dealkylation sites (tertiary alicyclic amines) is 1. The smallest absolute Gasteiger partial charge is 0.269 e. The number of hydrogen-bond acceptors (Lipinski definition) is 5. The van der Waals surface area contributed by atoms with E-state index in [1.165, 1.54) is 17.7 Å². The first-order chi connectivity index (χ1) is 14.1. The van der Waals surface area contributed by atoms with Crippen molar-refractivity contribution < 1.29 is 9.72 Å². The third kappa shape index (κ3) is 6.87. The van der Waals surface area contributed by atoms with Crippen molar-refractivity contribution in [3.8, 4) is 0 Å². The van der Waals surface area contributed by atoms with Gasteiger partial charge >= 0.3 is 0 Å². The minimum Gasteiger partial charge on any atom is -0.383 e. The van der Waals surface area contributed by atoms with Crippen LogP contribution < -0.4 is 10.6 Å². The van der Waals surface area contributed by atoms with Crippen LogP contribution >= 0.6 is 0 Å². The van der Waals surface area contributed by atoms with E-state index >= 15 is 0 Å². The quantitative estimate of drug-likeness (QED) is 0.386. The van der Waals surface area contributed by atoms with Gasteiger partial charge in [0.15, 0.2) is 0 Å². The molecule has 1 fully saturated rings. The molecule has 1 saturated heterocycles. The van der Waals surface area contributed by atoms with Gasteiger partial charge in [0.05, 0.1) is 11.5 Å². The molecule has 7 heteroatoms. The molecule has 0 aromatic heterocycles. The van der Waals surface area contributed by atoms with Crippen LogP contribution in [0, 0.1) is 16.0 Å². The molecule has 1 aliphatic heterocycles. The van der Waals surface area contributed by atoms with Gasteiger partial charge in [-0.1, -0.05) is 30.3 Å². The van der Waals surface area contributed by atoms with Gasteiger partial charge in [-0.15, -0.1) is 0 Å². The summed E-state index contributed by atoms with van der Waals surface area (Å²) in [5.41, 5.74) is 2.26. The molecule has 0 aliphatic carbocycles. The molecule has 3 rings (SSSR count). The molecule has 7 nitrogen and oxygen atoms in total. The molecule has 2 aromatic carbocycles. The first kappa shape index (κ1) is 20.8. The van der Waals surface area contributed by atoms with Gasteiger partial charge in [-0.2, -0.15) is 0 Å². The number of nitrogens with zero attached hydrogens (tertiary/aromatic N) is 2. The zero-order valence-electron chi connectivity index (χ0n) is 16.5. The fraction of sp³-hybridized carbons (Fsp3) is 0.409. The van der Waals surface area contributed by atoms with Gasteiger partial charge < -0.3 is 10.6 Å². The Morgan fingerprint density at radius 2 is 1.72 bits per heavy atom. The van der Waals surface area contributed by atoms with Gasteiger partial charge in [0, 0.05) is 30.9 Å². The van der Waals surface area contributed by atoms with Gasteiger partial charge in [0.25, 0.3) is 5.69 Å². The number of amides is 1. The lowest BCUT2D eigenvalue weighted by molar-refractivity contribution is -0.384. The van der Waals surface area contributed by atoms with Crippen molar-refractivity contribution in [1.82, 2.24) is 10.2 Å². The third-order valence-electron chi connectivity index (χ3n) is 5.30. The van der Waals surface area contributed by atoms with Gasteiger partial charge in [-0.3, -0.25) is 19.8 Å². The largest absolute Gasteiger partial charge is 0.383 e. The lowest BCUT2D eigenvalue weighted by Crippen LogP contribution is -2.42. The van der Waals surface area contributed by atoms with Crippen molar-refractivity contribution in [2.24, 2.45) is 5.92 Å². The lowest BCUT2D eigenvalue weighted by Gasteiger charge is -2.31. The Balaban J connectivity index is 1.28. The molecule has 0 bridgehead atoms. The van der Waals surface area contributed by atoms with Gasteiger partial charge in [0.1, 0.15) is 0 Å². The number of nitro groups is 1. The highest BCUT2D eigenvalue weighted by Crippen LogP contribution is 2.21. The Kier molecular flexibility index (Phi) is 7.58. The topological polar surface area (TPSA) is 87.5 Å². The van der Waals surface area contributed by atoms with Crippen molar-refractivity contribution in [1.29, 1.82) is 0 Å². The van der Waals surface area contributed by atoms with E-state index in [0.717, 1.165) is 38.0 Å². The number of non-ortho nitro benzene ring substituents is 1. The summed E-state index contributed by atoms with van der Waals surface area (Å²) in [6, 6.07) is 16.8. The molecule has 0 saturated carbocycles. The molecule has 2 aromatic rings. The first-order valence-corrected chi connectivity index (χ1v) is 10.1. The Hall–Kier alpha value is -2.93. The van der Waals surface area contributed by atoms with Crippen LogP contribution in [0.5, 0.6) is 0 Å². The molecular weight excluding hydrogens is 368 g/mol. The number of anilines is 1. The van der Waals surface area contributed by atoms with E-state index in [9.17, 15) is 14.9 Å². The molecule has 0 unspecified atom stereocenters. The van der Waals surface area contributed by atoms with Crippen LogP contribution in [0.3, 0.4) is 0 Å². The van der Waals surface area contributed by atoms with Crippen LogP contribution in [-0.2, 0) is 11.2 Å². The summed E-state index contributed by atoms with van der Waals surface area (Å²) in [6.45, 7) is 3.45. The number of carbonyl (C=O) groups is 1. The summed E-state index contributed by atoms with van der Waals surface area (Å²) in [5.74, 6) is 0.736. The Morgan fingerprint density at radius 3 is 2.38 bits per heavy atom. The predicted molar refractivity (Wildman–Crippen MR) is 114 cm³/mol. The van der Waals surface area contributed by atoms with Crippen LogP contribution in [0.1, 0.15) is 18.4 Å². The number of piperidine rings is 1. The van der Waals surface area contributed by atoms with E-state index in [1.54, 1.807) is 12.1 Å². The van der Waals surface area contributed by atoms with E-state index < -0.39 is 4.92 Å². The predicted octanol–water partition coefficient (Wildman–Crippen LogP) is 3.08. The maximum absolute atomic E-state index is 12.2. The monoisotopic (exact) mass is 396 g/mol. The van der Waals surface area contributed by atoms with E-state index in [-0.39, 0.29) is 11.6 Å². The van der Waals surface area contributed by atoms with Crippen molar-refractivity contribution in [2.75, 3.05) is 38.0 Å². The number of benzene rings is 2. The fourth-order valence-electron chi connectivity index (χ4n) is 3.66. The molecule has 1 amide bonds. The van der Waals surface area contributed by atoms with Crippen molar-refractivity contribution in [3.63, 3.8) is 0 Å². The normalized spacial score (nSPS) is 15.0. The number of carbonyl (C=O) groups excluding carboxylic acids is 1. The maximum atomic E-state index is 12.2. The number of hydrogen-bond donors (Lipinski definition) is 2. The van der Waals surface area contributed by atoms with Gasteiger partial charge in [-0.25, -0.2) is 0 Å². The third-order valence-corrected chi connectivity index (χ3v) is 5.30.